The van der Waals surface area contributed by atoms with Crippen LogP contribution in [0, 0.1) is 0 Å². The molecule has 0 aliphatic heterocycles. The zero-order valence-electron chi connectivity index (χ0n) is 14.7. The molecule has 0 aromatic heterocycles. The first kappa shape index (κ1) is 23.6. The van der Waals surface area contributed by atoms with E-state index in [4.69, 9.17) is 5.11 Å². The number of hydrogen-bond acceptors (Lipinski definition) is 2. The maximum atomic E-state index is 10.6. The van der Waals surface area contributed by atoms with Crippen molar-refractivity contribution in [1.82, 2.24) is 0 Å². The average Bonchev–Trinajstić information content (AvgIpc) is 2.36. The fourth-order valence-electron chi connectivity index (χ4n) is 1.87. The lowest BCUT2D eigenvalue weighted by Gasteiger charge is -2.21. The van der Waals surface area contributed by atoms with Crippen molar-refractivity contribution in [3.8, 4) is 0 Å². The first-order valence-electron chi connectivity index (χ1n) is 8.43. The van der Waals surface area contributed by atoms with Gasteiger partial charge in [-0.05, 0) is 29.0 Å². The average molecular weight is 414 g/mol. The number of hydrogen-bond donors (Lipinski definition) is 1. The van der Waals surface area contributed by atoms with Crippen molar-refractivity contribution < 1.29 is 14.4 Å². The van der Waals surface area contributed by atoms with Gasteiger partial charge in [-0.2, -0.15) is 0 Å². The molecule has 0 heterocycles. The number of carbonyl (C=O) groups excluding carboxylic acids is 1. The monoisotopic (exact) mass is 414 g/mol. The lowest BCUT2D eigenvalue weighted by atomic mass is 10.1. The summed E-state index contributed by atoms with van der Waals surface area (Å²) in [6.45, 7) is 3.37. The Morgan fingerprint density at radius 1 is 0.905 bits per heavy atom. The van der Waals surface area contributed by atoms with E-state index in [0.717, 1.165) is 23.9 Å². The van der Waals surface area contributed by atoms with Gasteiger partial charge in [0.25, 0.3) is 0 Å². The first-order valence-corrected chi connectivity index (χ1v) is 9.51. The summed E-state index contributed by atoms with van der Waals surface area (Å²) in [7, 11) is 6.16. The third-order valence-electron chi connectivity index (χ3n) is 3.25. The Bertz CT molecular complexity index is 227. The summed E-state index contributed by atoms with van der Waals surface area (Å²) >= 11 is 1.89. The quantitative estimate of drug-likeness (QED) is 0.220. The minimum Gasteiger partial charge on any atom is -0.391 e. The summed E-state index contributed by atoms with van der Waals surface area (Å²) in [5, 5.41) is 8.39. The van der Waals surface area contributed by atoms with Crippen LogP contribution in [0.5, 0.6) is 0 Å². The van der Waals surface area contributed by atoms with Crippen molar-refractivity contribution in [2.45, 2.75) is 71.1 Å². The molecule has 0 bridgehead atoms. The van der Waals surface area contributed by atoms with Crippen LogP contribution in [0.15, 0.2) is 0 Å². The van der Waals surface area contributed by atoms with Crippen molar-refractivity contribution in [3.63, 3.8) is 0 Å². The molecule has 0 fully saturated rings. The number of quaternary nitrogens is 1. The number of likely N-dealkylation sites (N-methyl/N-ethyl adjacent to an activating group) is 1. The SMILES string of the molecule is CCCCCCCCCCCC(=O)I.C[N+](C)(C)CCO. The summed E-state index contributed by atoms with van der Waals surface area (Å²) in [5.41, 5.74) is 0. The number of nitrogens with zero attached hydrogens (tertiary/aromatic N) is 1. The molecule has 0 rings (SSSR count). The lowest BCUT2D eigenvalue weighted by Crippen LogP contribution is -2.36. The summed E-state index contributed by atoms with van der Waals surface area (Å²) in [4.78, 5) is 10.6. The zero-order chi connectivity index (χ0) is 16.6. The second-order valence-electron chi connectivity index (χ2n) is 6.67. The van der Waals surface area contributed by atoms with Crippen LogP contribution < -0.4 is 0 Å². The van der Waals surface area contributed by atoms with Gasteiger partial charge >= 0.3 is 0 Å². The van der Waals surface area contributed by atoms with Gasteiger partial charge in [-0.1, -0.05) is 58.3 Å². The minimum atomic E-state index is 0.281. The molecule has 0 aromatic rings. The van der Waals surface area contributed by atoms with E-state index >= 15 is 0 Å². The Hall–Kier alpha value is 0.320. The van der Waals surface area contributed by atoms with Gasteiger partial charge in [-0.3, -0.25) is 4.79 Å². The fraction of sp³-hybridized carbons (Fsp3) is 0.941. The van der Waals surface area contributed by atoms with Crippen LogP contribution in [0.3, 0.4) is 0 Å². The molecule has 0 saturated heterocycles. The number of aliphatic hydroxyl groups excluding tert-OH is 1. The Morgan fingerprint density at radius 3 is 1.62 bits per heavy atom. The van der Waals surface area contributed by atoms with Crippen molar-refractivity contribution in [1.29, 1.82) is 0 Å². The van der Waals surface area contributed by atoms with Gasteiger partial charge in [0, 0.05) is 6.42 Å². The van der Waals surface area contributed by atoms with Gasteiger partial charge in [0.05, 0.1) is 27.7 Å². The van der Waals surface area contributed by atoms with E-state index in [1.165, 1.54) is 51.4 Å². The van der Waals surface area contributed by atoms with Crippen LogP contribution in [0.4, 0.5) is 0 Å². The molecule has 0 spiro atoms. The van der Waals surface area contributed by atoms with Crippen LogP contribution in [-0.2, 0) is 4.79 Å². The van der Waals surface area contributed by atoms with E-state index in [0.29, 0.717) is 3.79 Å². The number of aliphatic hydroxyl groups is 1. The molecule has 21 heavy (non-hydrogen) atoms. The molecule has 0 atom stereocenters. The molecule has 3 nitrogen and oxygen atoms in total. The van der Waals surface area contributed by atoms with Crippen LogP contribution in [0.25, 0.3) is 0 Å². The van der Waals surface area contributed by atoms with Crippen molar-refractivity contribution in [2.24, 2.45) is 0 Å². The van der Waals surface area contributed by atoms with Crippen LogP contribution >= 0.6 is 22.6 Å². The molecular weight excluding hydrogens is 377 g/mol. The van der Waals surface area contributed by atoms with Gasteiger partial charge in [-0.25, -0.2) is 0 Å². The molecule has 0 saturated carbocycles. The molecular formula is C17H37INO2+. The van der Waals surface area contributed by atoms with E-state index < -0.39 is 0 Å². The van der Waals surface area contributed by atoms with E-state index in [2.05, 4.69) is 28.1 Å². The number of halogens is 1. The van der Waals surface area contributed by atoms with Crippen LogP contribution in [0.2, 0.25) is 0 Å². The van der Waals surface area contributed by atoms with Crippen molar-refractivity contribution >= 4 is 26.4 Å². The predicted octanol–water partition coefficient (Wildman–Crippen LogP) is 4.55. The van der Waals surface area contributed by atoms with Gasteiger partial charge in [0.15, 0.2) is 3.79 Å². The molecule has 0 amide bonds. The number of unbranched alkanes of at least 4 members (excludes halogenated alkanes) is 8. The standard InChI is InChI=1S/C12H23IO.C5H14NO/c1-2-3-4-5-6-7-8-9-10-11-12(13)14;1-6(2,3)4-5-7/h2-11H2,1H3;7H,4-5H2,1-3H3/q;+1. The van der Waals surface area contributed by atoms with Crippen molar-refractivity contribution in [3.05, 3.63) is 0 Å². The molecule has 0 unspecified atom stereocenters. The van der Waals surface area contributed by atoms with Gasteiger partial charge < -0.3 is 9.59 Å². The van der Waals surface area contributed by atoms with Gasteiger partial charge in [-0.15, -0.1) is 0 Å². The van der Waals surface area contributed by atoms with Gasteiger partial charge in [0.1, 0.15) is 6.54 Å². The van der Waals surface area contributed by atoms with E-state index in [9.17, 15) is 4.79 Å². The third kappa shape index (κ3) is 29.1. The summed E-state index contributed by atoms with van der Waals surface area (Å²) in [6.07, 6.45) is 12.7. The molecule has 0 aromatic carbocycles. The Labute approximate surface area is 146 Å². The number of rotatable bonds is 12. The Balaban J connectivity index is 0. The van der Waals surface area contributed by atoms with Crippen LogP contribution in [-0.4, -0.2) is 47.7 Å². The highest BCUT2D eigenvalue weighted by Crippen LogP contribution is 2.11. The predicted molar refractivity (Wildman–Crippen MR) is 101 cm³/mol. The Kier molecular flexibility index (Phi) is 18.7. The number of carbonyl (C=O) groups is 1. The molecule has 4 heteroatoms. The first-order chi connectivity index (χ1) is 9.83. The van der Waals surface area contributed by atoms with Gasteiger partial charge in [0.2, 0.25) is 0 Å². The maximum absolute atomic E-state index is 10.6. The third-order valence-corrected chi connectivity index (χ3v) is 3.79. The second-order valence-corrected chi connectivity index (χ2v) is 7.87. The smallest absolute Gasteiger partial charge is 0.192 e. The molecule has 0 aliphatic carbocycles. The summed E-state index contributed by atoms with van der Waals surface area (Å²) in [6, 6.07) is 0. The normalized spacial score (nSPS) is 11.0. The highest BCUT2D eigenvalue weighted by Gasteiger charge is 2.02. The largest absolute Gasteiger partial charge is 0.391 e. The zero-order valence-corrected chi connectivity index (χ0v) is 16.8. The highest BCUT2D eigenvalue weighted by atomic mass is 127. The van der Waals surface area contributed by atoms with E-state index in [-0.39, 0.29) is 6.61 Å². The van der Waals surface area contributed by atoms with E-state index in [1.54, 1.807) is 0 Å². The van der Waals surface area contributed by atoms with Crippen molar-refractivity contribution in [2.75, 3.05) is 34.3 Å². The second kappa shape index (κ2) is 16.7. The highest BCUT2D eigenvalue weighted by molar-refractivity contribution is 14.1. The van der Waals surface area contributed by atoms with E-state index in [1.807, 2.05) is 22.6 Å². The summed E-state index contributed by atoms with van der Waals surface area (Å²) in [5.74, 6) is 0. The molecule has 1 N–H and O–H groups in total. The fourth-order valence-corrected chi connectivity index (χ4v) is 2.26. The lowest BCUT2D eigenvalue weighted by molar-refractivity contribution is -0.870. The minimum absolute atomic E-state index is 0.281. The summed E-state index contributed by atoms with van der Waals surface area (Å²) < 4.78 is 1.15. The van der Waals surface area contributed by atoms with Crippen LogP contribution in [0.1, 0.15) is 71.1 Å². The molecule has 0 aliphatic rings. The molecule has 0 radical (unpaired) electrons. The maximum Gasteiger partial charge on any atom is 0.192 e. The topological polar surface area (TPSA) is 37.3 Å². The Morgan fingerprint density at radius 2 is 1.33 bits per heavy atom. The molecule has 128 valence electrons.